The van der Waals surface area contributed by atoms with Crippen LogP contribution in [0.1, 0.15) is 16.4 Å². The topological polar surface area (TPSA) is 84.7 Å². The van der Waals surface area contributed by atoms with Gasteiger partial charge in [0, 0.05) is 6.42 Å². The molecule has 0 spiro atoms. The van der Waals surface area contributed by atoms with E-state index in [9.17, 15) is 4.79 Å². The van der Waals surface area contributed by atoms with Gasteiger partial charge >= 0.3 is 0 Å². The number of rotatable bonds is 3. The van der Waals surface area contributed by atoms with Crippen LogP contribution in [0.3, 0.4) is 0 Å². The number of nitrogens with zero attached hydrogens (tertiary/aromatic N) is 2. The normalized spacial score (nSPS) is 9.91. The molecule has 11 heavy (non-hydrogen) atoms. The third kappa shape index (κ3) is 1.94. The Bertz CT molecular complexity index is 259. The van der Waals surface area contributed by atoms with Crippen LogP contribution in [0.15, 0.2) is 0 Å². The van der Waals surface area contributed by atoms with Gasteiger partial charge in [-0.25, -0.2) is 4.98 Å². The van der Waals surface area contributed by atoms with Crippen molar-refractivity contribution in [2.24, 2.45) is 5.73 Å². The number of nitrogens with one attached hydrogen (secondary N) is 1. The minimum Gasteiger partial charge on any atom is -0.363 e. The second kappa shape index (κ2) is 3.38. The molecule has 0 saturated carbocycles. The fourth-order valence-corrected chi connectivity index (χ4v) is 0.819. The Morgan fingerprint density at radius 1 is 1.73 bits per heavy atom. The molecule has 0 fully saturated rings. The molecular formula is C5H8N4OS. The molecule has 0 aromatic carbocycles. The highest BCUT2D eigenvalue weighted by molar-refractivity contribution is 7.80. The van der Waals surface area contributed by atoms with Gasteiger partial charge in [0.05, 0.1) is 0 Å². The third-order valence-electron chi connectivity index (χ3n) is 1.10. The number of hydrogen-bond donors (Lipinski definition) is 3. The summed E-state index contributed by atoms with van der Waals surface area (Å²) in [6, 6.07) is 0. The molecule has 6 heteroatoms. The fourth-order valence-electron chi connectivity index (χ4n) is 0.619. The number of aromatic amines is 1. The summed E-state index contributed by atoms with van der Waals surface area (Å²) in [6.45, 7) is 0. The van der Waals surface area contributed by atoms with Crippen molar-refractivity contribution in [2.75, 3.05) is 5.75 Å². The van der Waals surface area contributed by atoms with Crippen LogP contribution < -0.4 is 5.73 Å². The van der Waals surface area contributed by atoms with E-state index in [4.69, 9.17) is 5.73 Å². The smallest absolute Gasteiger partial charge is 0.286 e. The highest BCUT2D eigenvalue weighted by atomic mass is 32.1. The Morgan fingerprint density at radius 3 is 2.91 bits per heavy atom. The van der Waals surface area contributed by atoms with Gasteiger partial charge in [-0.05, 0) is 5.75 Å². The van der Waals surface area contributed by atoms with Crippen LogP contribution in [0.4, 0.5) is 0 Å². The van der Waals surface area contributed by atoms with Crippen molar-refractivity contribution in [3.8, 4) is 0 Å². The zero-order valence-corrected chi connectivity index (χ0v) is 6.64. The van der Waals surface area contributed by atoms with E-state index in [-0.39, 0.29) is 5.82 Å². The van der Waals surface area contributed by atoms with Crippen molar-refractivity contribution in [3.05, 3.63) is 11.6 Å². The lowest BCUT2D eigenvalue weighted by molar-refractivity contribution is 0.0991. The van der Waals surface area contributed by atoms with Gasteiger partial charge in [-0.1, -0.05) is 0 Å². The SMILES string of the molecule is NC(=O)c1nc(CCS)n[nH]1. The van der Waals surface area contributed by atoms with Crippen LogP contribution in [-0.4, -0.2) is 26.8 Å². The Labute approximate surface area is 68.8 Å². The standard InChI is InChI=1S/C5H8N4OS/c6-4(10)5-7-3(1-2-11)8-9-5/h11H,1-2H2,(H2,6,10)(H,7,8,9). The van der Waals surface area contributed by atoms with Crippen molar-refractivity contribution in [3.63, 3.8) is 0 Å². The first-order valence-corrected chi connectivity index (χ1v) is 3.69. The summed E-state index contributed by atoms with van der Waals surface area (Å²) in [5.74, 6) is 0.717. The third-order valence-corrected chi connectivity index (χ3v) is 1.32. The van der Waals surface area contributed by atoms with Crippen LogP contribution in [-0.2, 0) is 6.42 Å². The van der Waals surface area contributed by atoms with Gasteiger partial charge in [-0.2, -0.15) is 17.7 Å². The Hall–Kier alpha value is -1.04. The average molecular weight is 172 g/mol. The number of amides is 1. The number of carbonyl (C=O) groups is 1. The Kier molecular flexibility index (Phi) is 2.48. The average Bonchev–Trinajstić information content (AvgIpc) is 2.37. The molecule has 0 saturated heterocycles. The number of nitrogens with two attached hydrogens (primary N) is 1. The molecule has 0 bridgehead atoms. The first-order chi connectivity index (χ1) is 5.24. The van der Waals surface area contributed by atoms with E-state index < -0.39 is 5.91 Å². The Morgan fingerprint density at radius 2 is 2.45 bits per heavy atom. The lowest BCUT2D eigenvalue weighted by atomic mass is 10.5. The molecule has 1 aromatic rings. The number of hydrogen-bond acceptors (Lipinski definition) is 4. The molecule has 0 aliphatic rings. The van der Waals surface area contributed by atoms with E-state index in [0.717, 1.165) is 0 Å². The molecule has 0 aliphatic heterocycles. The van der Waals surface area contributed by atoms with Gasteiger partial charge < -0.3 is 5.73 Å². The van der Waals surface area contributed by atoms with Gasteiger partial charge in [-0.3, -0.25) is 9.89 Å². The maximum Gasteiger partial charge on any atom is 0.286 e. The molecule has 0 unspecified atom stereocenters. The minimum atomic E-state index is -0.595. The highest BCUT2D eigenvalue weighted by Crippen LogP contribution is 1.93. The largest absolute Gasteiger partial charge is 0.363 e. The number of thiol groups is 1. The van der Waals surface area contributed by atoms with E-state index in [1.807, 2.05) is 0 Å². The van der Waals surface area contributed by atoms with E-state index in [0.29, 0.717) is 18.0 Å². The molecule has 5 nitrogen and oxygen atoms in total. The molecule has 0 radical (unpaired) electrons. The predicted octanol–water partition coefficient (Wildman–Crippen LogP) is -0.624. The molecule has 3 N–H and O–H groups in total. The fraction of sp³-hybridized carbons (Fsp3) is 0.400. The van der Waals surface area contributed by atoms with Crippen molar-refractivity contribution < 1.29 is 4.79 Å². The summed E-state index contributed by atoms with van der Waals surface area (Å²) in [5, 5.41) is 6.16. The van der Waals surface area contributed by atoms with E-state index >= 15 is 0 Å². The Balaban J connectivity index is 2.73. The van der Waals surface area contributed by atoms with Crippen LogP contribution >= 0.6 is 12.6 Å². The van der Waals surface area contributed by atoms with Crippen molar-refractivity contribution in [2.45, 2.75) is 6.42 Å². The van der Waals surface area contributed by atoms with Gasteiger partial charge in [0.2, 0.25) is 5.82 Å². The summed E-state index contributed by atoms with van der Waals surface area (Å²) in [7, 11) is 0. The maximum atomic E-state index is 10.5. The number of aryl methyl sites for hydroxylation is 1. The lowest BCUT2D eigenvalue weighted by Gasteiger charge is -1.84. The van der Waals surface area contributed by atoms with Gasteiger partial charge in [0.15, 0.2) is 5.82 Å². The summed E-state index contributed by atoms with van der Waals surface area (Å²) in [6.07, 6.45) is 0.632. The predicted molar refractivity (Wildman–Crippen MR) is 42.5 cm³/mol. The number of aromatic nitrogens is 3. The second-order valence-electron chi connectivity index (χ2n) is 1.94. The number of primary amides is 1. The van der Waals surface area contributed by atoms with E-state index in [1.54, 1.807) is 0 Å². The molecule has 1 aromatic heterocycles. The quantitative estimate of drug-likeness (QED) is 0.531. The molecular weight excluding hydrogens is 164 g/mol. The first-order valence-electron chi connectivity index (χ1n) is 3.06. The molecule has 1 amide bonds. The summed E-state index contributed by atoms with van der Waals surface area (Å²) in [4.78, 5) is 14.3. The minimum absolute atomic E-state index is 0.0989. The molecule has 0 atom stereocenters. The van der Waals surface area contributed by atoms with Gasteiger partial charge in [-0.15, -0.1) is 0 Å². The molecule has 0 aliphatic carbocycles. The summed E-state index contributed by atoms with van der Waals surface area (Å²) in [5.41, 5.74) is 4.93. The molecule has 1 heterocycles. The maximum absolute atomic E-state index is 10.5. The first kappa shape index (κ1) is 8.06. The summed E-state index contributed by atoms with van der Waals surface area (Å²) >= 11 is 3.98. The van der Waals surface area contributed by atoms with Crippen LogP contribution in [0, 0.1) is 0 Å². The zero-order valence-electron chi connectivity index (χ0n) is 5.74. The number of carbonyl (C=O) groups excluding carboxylic acids is 1. The lowest BCUT2D eigenvalue weighted by Crippen LogP contribution is -2.12. The zero-order chi connectivity index (χ0) is 8.27. The van der Waals surface area contributed by atoms with Crippen LogP contribution in [0.5, 0.6) is 0 Å². The number of H-pyrrole nitrogens is 1. The molecule has 1 rings (SSSR count). The van der Waals surface area contributed by atoms with Gasteiger partial charge in [0.1, 0.15) is 0 Å². The molecule has 60 valence electrons. The van der Waals surface area contributed by atoms with Crippen molar-refractivity contribution in [1.82, 2.24) is 15.2 Å². The monoisotopic (exact) mass is 172 g/mol. The summed E-state index contributed by atoms with van der Waals surface area (Å²) < 4.78 is 0. The van der Waals surface area contributed by atoms with E-state index in [2.05, 4.69) is 27.8 Å². The van der Waals surface area contributed by atoms with Crippen LogP contribution in [0.25, 0.3) is 0 Å². The van der Waals surface area contributed by atoms with Gasteiger partial charge in [0.25, 0.3) is 5.91 Å². The van der Waals surface area contributed by atoms with E-state index in [1.165, 1.54) is 0 Å². The second-order valence-corrected chi connectivity index (χ2v) is 2.39. The van der Waals surface area contributed by atoms with Crippen molar-refractivity contribution in [1.29, 1.82) is 0 Å². The highest BCUT2D eigenvalue weighted by Gasteiger charge is 2.05. The van der Waals surface area contributed by atoms with Crippen LogP contribution in [0.2, 0.25) is 0 Å². The van der Waals surface area contributed by atoms with Crippen molar-refractivity contribution >= 4 is 18.5 Å².